The van der Waals surface area contributed by atoms with E-state index >= 15 is 0 Å². The van der Waals surface area contributed by atoms with Crippen molar-refractivity contribution in [3.63, 3.8) is 0 Å². The van der Waals surface area contributed by atoms with Crippen molar-refractivity contribution in [1.82, 2.24) is 0 Å². The summed E-state index contributed by atoms with van der Waals surface area (Å²) >= 11 is 1.36. The molecule has 0 amide bonds. The van der Waals surface area contributed by atoms with Gasteiger partial charge in [0.25, 0.3) is 0 Å². The minimum atomic E-state index is 0. The number of rotatable bonds is 8. The predicted molar refractivity (Wildman–Crippen MR) is 294 cm³/mol. The van der Waals surface area contributed by atoms with E-state index in [0.717, 1.165) is 30.1 Å². The Balaban J connectivity index is 0.000000253. The molecule has 2 radical (unpaired) electrons. The van der Waals surface area contributed by atoms with Crippen LogP contribution in [-0.4, -0.2) is 6.88 Å². The van der Waals surface area contributed by atoms with Gasteiger partial charge in [-0.3, -0.25) is 0 Å². The van der Waals surface area contributed by atoms with Crippen LogP contribution in [0.25, 0.3) is 43.8 Å². The molecule has 0 saturated heterocycles. The van der Waals surface area contributed by atoms with Gasteiger partial charge in [0, 0.05) is 0 Å². The van der Waals surface area contributed by atoms with Gasteiger partial charge in [-0.15, -0.1) is 93.9 Å². The van der Waals surface area contributed by atoms with Gasteiger partial charge in [0.05, 0.1) is 0 Å². The van der Waals surface area contributed by atoms with Crippen LogP contribution in [0.15, 0.2) is 109 Å². The molecule has 10 rings (SSSR count). The number of hydrogen-bond acceptors (Lipinski definition) is 0. The average Bonchev–Trinajstić information content (AvgIpc) is 3.73. The van der Waals surface area contributed by atoms with E-state index in [2.05, 4.69) is 123 Å². The van der Waals surface area contributed by atoms with Gasteiger partial charge in [0.2, 0.25) is 0 Å². The third kappa shape index (κ3) is 15.9. The van der Waals surface area contributed by atoms with E-state index in [9.17, 15) is 0 Å². The Labute approximate surface area is 432 Å². The zero-order chi connectivity index (χ0) is 43.6. The van der Waals surface area contributed by atoms with Gasteiger partial charge in [-0.1, -0.05) is 194 Å². The van der Waals surface area contributed by atoms with Crippen LogP contribution in [0, 0.1) is 26.2 Å². The minimum Gasteiger partial charge on any atom is -0.164 e. The van der Waals surface area contributed by atoms with E-state index in [-0.39, 0.29) is 32.2 Å². The molecule has 0 nitrogen and oxygen atoms in total. The van der Waals surface area contributed by atoms with E-state index in [1.54, 1.807) is 22.3 Å². The fraction of sp³-hybridized carbons (Fsp3) is 0.484. The predicted octanol–water partition coefficient (Wildman–Crippen LogP) is 19.7. The number of benzene rings is 4. The Morgan fingerprint density at radius 3 is 1.11 bits per heavy atom. The van der Waals surface area contributed by atoms with Crippen LogP contribution in [0.2, 0.25) is 0 Å². The van der Waals surface area contributed by atoms with Crippen LogP contribution in [0.1, 0.15) is 189 Å². The summed E-state index contributed by atoms with van der Waals surface area (Å²) in [6, 6.07) is 42.7. The second kappa shape index (κ2) is 30.4. The van der Waals surface area contributed by atoms with Crippen molar-refractivity contribution in [3.05, 3.63) is 146 Å². The summed E-state index contributed by atoms with van der Waals surface area (Å²) in [5.74, 6) is 3.37. The van der Waals surface area contributed by atoms with E-state index in [1.165, 1.54) is 221 Å². The fourth-order valence-corrected chi connectivity index (χ4v) is 11.9. The molecule has 0 bridgehead atoms. The second-order valence-electron chi connectivity index (χ2n) is 19.9. The van der Waals surface area contributed by atoms with Gasteiger partial charge in [-0.25, -0.2) is 0 Å². The maximum absolute atomic E-state index is 3.49. The molecule has 0 unspecified atom stereocenters. The van der Waals surface area contributed by atoms with Crippen LogP contribution in [0.3, 0.4) is 0 Å². The normalized spacial score (nSPS) is 17.4. The van der Waals surface area contributed by atoms with Crippen molar-refractivity contribution in [3.8, 4) is 22.3 Å². The van der Waals surface area contributed by atoms with Crippen molar-refractivity contribution >= 4 is 53.2 Å². The molecular weight excluding hydrogens is 935 g/mol. The first kappa shape index (κ1) is 56.4. The first-order chi connectivity index (χ1) is 31.1. The smallest absolute Gasteiger partial charge is 0.0162 e. The Bertz CT molecular complexity index is 2040. The maximum Gasteiger partial charge on any atom is -0.0162 e. The molecule has 356 valence electrons. The zero-order valence-electron chi connectivity index (χ0n) is 40.9. The number of fused-ring (bicyclic) bond motifs is 2. The molecule has 0 N–H and O–H groups in total. The van der Waals surface area contributed by atoms with Gasteiger partial charge < -0.3 is 14.4 Å². The third-order valence-corrected chi connectivity index (χ3v) is 15.2. The molecule has 4 fully saturated rings. The number of halogens is 2. The Hall–Kier alpha value is -2.22. The largest absolute Gasteiger partial charge is 0.164 e. The van der Waals surface area contributed by atoms with Crippen molar-refractivity contribution in [2.75, 3.05) is 0 Å². The Kier molecular flexibility index (Phi) is 26.0. The summed E-state index contributed by atoms with van der Waals surface area (Å²) in [6.45, 7) is 8.56. The van der Waals surface area contributed by atoms with Crippen LogP contribution >= 0.6 is 24.8 Å². The van der Waals surface area contributed by atoms with Crippen molar-refractivity contribution in [2.24, 2.45) is 11.8 Å². The van der Waals surface area contributed by atoms with Crippen molar-refractivity contribution in [2.45, 2.75) is 179 Å². The SMILES string of the molecule is Cl.Cl.[CH2-]CC.[CH3-].[Si]=[Zr].c1cc(-c2ccc(C3CCCCC3)cc2)c2cc(CC3CCCCCC3)[cH-]c2c1.c1cc(-c2ccc(C3CCCCC3)cc2)c2cc(CC3CCCCCC3)[cH-]c2c1. The van der Waals surface area contributed by atoms with Crippen LogP contribution in [0.5, 0.6) is 0 Å². The summed E-state index contributed by atoms with van der Waals surface area (Å²) in [5, 5.41) is 5.73. The molecule has 4 aliphatic rings. The first-order valence-electron chi connectivity index (χ1n) is 25.8. The monoisotopic (exact) mass is 1010 g/mol. The van der Waals surface area contributed by atoms with Crippen molar-refractivity contribution in [1.29, 1.82) is 0 Å². The standard InChI is InChI=1S/2C29H35.C3H7.CH3.2ClH.Si.Zr/c2*1-2-5-10-22(9-4-1)19-23-20-27-13-8-14-28(29(27)21-23)26-17-15-25(16-18-26)24-11-6-3-7-12-24;1-3-2;;;;;/h2*8,13-18,20-22,24H,1-7,9-12,19H2;1,3H2,2H3;1H3;2*1H;;/q4*-1;;;;. The molecule has 0 heterocycles. The van der Waals surface area contributed by atoms with Gasteiger partial charge in [-0.2, -0.15) is 18.6 Å². The summed E-state index contributed by atoms with van der Waals surface area (Å²) in [7, 11) is 0. The van der Waals surface area contributed by atoms with Gasteiger partial charge in [-0.05, 0) is 84.5 Å². The molecule has 0 atom stereocenters. The molecule has 0 aliphatic heterocycles. The topological polar surface area (TPSA) is 0 Å². The molecular formula is C62H82Cl2SiZr-4. The first-order valence-corrected chi connectivity index (χ1v) is 30.0. The summed E-state index contributed by atoms with van der Waals surface area (Å²) in [5.41, 5.74) is 11.8. The summed E-state index contributed by atoms with van der Waals surface area (Å²) in [6.07, 6.45) is 34.8. The summed E-state index contributed by atoms with van der Waals surface area (Å²) in [4.78, 5) is 0. The molecule has 6 aromatic rings. The number of hydrogen-bond donors (Lipinski definition) is 0. The minimum absolute atomic E-state index is 0. The molecule has 4 saturated carbocycles. The third-order valence-electron chi connectivity index (χ3n) is 15.2. The van der Waals surface area contributed by atoms with E-state index in [1.807, 2.05) is 6.92 Å². The Morgan fingerprint density at radius 1 is 0.470 bits per heavy atom. The van der Waals surface area contributed by atoms with E-state index < -0.39 is 0 Å². The van der Waals surface area contributed by atoms with Crippen molar-refractivity contribution < 1.29 is 23.3 Å². The maximum atomic E-state index is 3.49. The zero-order valence-corrected chi connectivity index (χ0v) is 46.0. The van der Waals surface area contributed by atoms with Crippen LogP contribution in [0.4, 0.5) is 0 Å². The van der Waals surface area contributed by atoms with Gasteiger partial charge in [0.1, 0.15) is 0 Å². The van der Waals surface area contributed by atoms with Gasteiger partial charge in [0.15, 0.2) is 0 Å². The molecule has 4 aliphatic carbocycles. The summed E-state index contributed by atoms with van der Waals surface area (Å²) < 4.78 is 0. The molecule has 66 heavy (non-hydrogen) atoms. The molecule has 0 aromatic heterocycles. The quantitative estimate of drug-likeness (QED) is 0.0810. The van der Waals surface area contributed by atoms with Crippen LogP contribution < -0.4 is 0 Å². The molecule has 6 aromatic carbocycles. The molecule has 4 heteroatoms. The Morgan fingerprint density at radius 2 is 0.773 bits per heavy atom. The van der Waals surface area contributed by atoms with E-state index in [4.69, 9.17) is 0 Å². The van der Waals surface area contributed by atoms with Crippen LogP contribution in [-0.2, 0) is 36.2 Å². The fourth-order valence-electron chi connectivity index (χ4n) is 11.9. The molecule has 0 spiro atoms. The van der Waals surface area contributed by atoms with E-state index in [0.29, 0.717) is 0 Å². The average molecular weight is 1020 g/mol. The van der Waals surface area contributed by atoms with Gasteiger partial charge >= 0.3 is 30.2 Å². The second-order valence-corrected chi connectivity index (χ2v) is 19.9.